The average molecular weight is 293 g/mol. The summed E-state index contributed by atoms with van der Waals surface area (Å²) in [6, 6.07) is 0.238. The number of amides is 1. The molecule has 2 aromatic rings. The van der Waals surface area contributed by atoms with E-state index in [1.54, 1.807) is 0 Å². The van der Waals surface area contributed by atoms with Gasteiger partial charge >= 0.3 is 0 Å². The second-order valence-electron chi connectivity index (χ2n) is 5.40. The van der Waals surface area contributed by atoms with E-state index >= 15 is 0 Å². The summed E-state index contributed by atoms with van der Waals surface area (Å²) >= 11 is 1.53. The average Bonchev–Trinajstić information content (AvgIpc) is 3.07. The van der Waals surface area contributed by atoms with E-state index < -0.39 is 0 Å². The lowest BCUT2D eigenvalue weighted by Crippen LogP contribution is -2.32. The normalized spacial score (nSPS) is 16.5. The van der Waals surface area contributed by atoms with Crippen molar-refractivity contribution in [2.45, 2.75) is 57.9 Å². The van der Waals surface area contributed by atoms with Gasteiger partial charge in [0.05, 0.1) is 0 Å². The Balaban J connectivity index is 1.61. The highest BCUT2D eigenvalue weighted by atomic mass is 32.1. The summed E-state index contributed by atoms with van der Waals surface area (Å²) in [6.07, 6.45) is 4.47. The first-order valence-corrected chi connectivity index (χ1v) is 7.99. The monoisotopic (exact) mass is 293 g/mol. The van der Waals surface area contributed by atoms with Gasteiger partial charge in [0.15, 0.2) is 5.82 Å². The van der Waals surface area contributed by atoms with Crippen molar-refractivity contribution < 1.29 is 4.79 Å². The minimum Gasteiger partial charge on any atom is -0.354 e. The summed E-state index contributed by atoms with van der Waals surface area (Å²) < 4.78 is 1.85. The third-order valence-electron chi connectivity index (χ3n) is 3.59. The molecule has 108 valence electrons. The van der Waals surface area contributed by atoms with Crippen LogP contribution in [0.1, 0.15) is 56.3 Å². The molecule has 0 aromatic carbocycles. The molecule has 1 atom stereocenters. The molecule has 0 bridgehead atoms. The van der Waals surface area contributed by atoms with Crippen molar-refractivity contribution >= 4 is 22.2 Å². The smallest absolute Gasteiger partial charge is 0.234 e. The van der Waals surface area contributed by atoms with Crippen molar-refractivity contribution in [1.82, 2.24) is 25.1 Å². The molecule has 2 heterocycles. The molecule has 0 aliphatic heterocycles. The second kappa shape index (κ2) is 5.47. The molecule has 0 radical (unpaired) electrons. The number of fused-ring (bicyclic) bond motifs is 1. The zero-order chi connectivity index (χ0) is 14.1. The largest absolute Gasteiger partial charge is 0.354 e. The van der Waals surface area contributed by atoms with E-state index in [1.807, 2.05) is 11.4 Å². The lowest BCUT2D eigenvalue weighted by molar-refractivity contribution is -0.121. The highest BCUT2D eigenvalue weighted by Crippen LogP contribution is 2.39. The van der Waals surface area contributed by atoms with E-state index in [1.165, 1.54) is 24.2 Å². The fourth-order valence-electron chi connectivity index (χ4n) is 2.04. The van der Waals surface area contributed by atoms with E-state index in [2.05, 4.69) is 27.5 Å². The van der Waals surface area contributed by atoms with Crippen LogP contribution in [0.25, 0.3) is 4.96 Å². The van der Waals surface area contributed by atoms with Crippen LogP contribution in [0, 0.1) is 0 Å². The molecule has 7 heteroatoms. The molecule has 1 amide bonds. The number of hydrogen-bond donors (Lipinski definition) is 1. The highest BCUT2D eigenvalue weighted by Gasteiger charge is 2.30. The molecular weight excluding hydrogens is 274 g/mol. The third-order valence-corrected chi connectivity index (χ3v) is 4.54. The molecule has 6 nitrogen and oxygen atoms in total. The first kappa shape index (κ1) is 13.5. The van der Waals surface area contributed by atoms with E-state index in [9.17, 15) is 4.79 Å². The Hall–Kier alpha value is -1.50. The Labute approximate surface area is 121 Å². The van der Waals surface area contributed by atoms with Gasteiger partial charge < -0.3 is 5.32 Å². The molecule has 1 unspecified atom stereocenters. The molecule has 1 aliphatic carbocycles. The first-order valence-electron chi connectivity index (χ1n) is 7.17. The standard InChI is InChI=1S/C13H19N5OS/c1-3-8(2)14-10(19)6-7-11-17-18-12(9-4-5-9)15-16-13(18)20-11/h8-9H,3-7H2,1-2H3,(H,14,19). The van der Waals surface area contributed by atoms with Crippen molar-refractivity contribution in [1.29, 1.82) is 0 Å². The van der Waals surface area contributed by atoms with Crippen LogP contribution in [0.15, 0.2) is 0 Å². The van der Waals surface area contributed by atoms with E-state index in [4.69, 9.17) is 0 Å². The van der Waals surface area contributed by atoms with Gasteiger partial charge in [0.25, 0.3) is 0 Å². The number of aromatic nitrogens is 4. The Morgan fingerprint density at radius 3 is 3.00 bits per heavy atom. The quantitative estimate of drug-likeness (QED) is 0.883. The maximum absolute atomic E-state index is 11.8. The zero-order valence-corrected chi connectivity index (χ0v) is 12.6. The Morgan fingerprint density at radius 1 is 1.50 bits per heavy atom. The number of nitrogens with one attached hydrogen (secondary N) is 1. The Kier molecular flexibility index (Phi) is 3.69. The summed E-state index contributed by atoms with van der Waals surface area (Å²) in [5.41, 5.74) is 0. The first-order chi connectivity index (χ1) is 9.67. The van der Waals surface area contributed by atoms with Crippen LogP contribution in [0.2, 0.25) is 0 Å². The molecule has 20 heavy (non-hydrogen) atoms. The van der Waals surface area contributed by atoms with Gasteiger partial charge in [-0.1, -0.05) is 18.3 Å². The number of nitrogens with zero attached hydrogens (tertiary/aromatic N) is 4. The van der Waals surface area contributed by atoms with Gasteiger partial charge in [-0.2, -0.15) is 9.61 Å². The zero-order valence-electron chi connectivity index (χ0n) is 11.8. The maximum Gasteiger partial charge on any atom is 0.234 e. The number of carbonyl (C=O) groups is 1. The minimum atomic E-state index is 0.0905. The van der Waals surface area contributed by atoms with Crippen LogP contribution in [0.4, 0.5) is 0 Å². The van der Waals surface area contributed by atoms with Gasteiger partial charge in [0, 0.05) is 24.8 Å². The SMILES string of the molecule is CCC(C)NC(=O)CCc1nn2c(C3CC3)nnc2s1. The molecule has 1 fully saturated rings. The molecule has 3 rings (SSSR count). The van der Waals surface area contributed by atoms with Crippen molar-refractivity contribution in [2.24, 2.45) is 0 Å². The number of carbonyl (C=O) groups excluding carboxylic acids is 1. The highest BCUT2D eigenvalue weighted by molar-refractivity contribution is 7.16. The summed E-state index contributed by atoms with van der Waals surface area (Å²) in [5, 5.41) is 16.8. The van der Waals surface area contributed by atoms with Crippen molar-refractivity contribution in [3.05, 3.63) is 10.8 Å². The van der Waals surface area contributed by atoms with Gasteiger partial charge in [0.2, 0.25) is 10.9 Å². The number of rotatable bonds is 6. The van der Waals surface area contributed by atoms with Crippen molar-refractivity contribution in [2.75, 3.05) is 0 Å². The Morgan fingerprint density at radius 2 is 2.30 bits per heavy atom. The summed E-state index contributed by atoms with van der Waals surface area (Å²) in [7, 11) is 0. The lowest BCUT2D eigenvalue weighted by Gasteiger charge is -2.10. The van der Waals surface area contributed by atoms with Crippen LogP contribution in [0.3, 0.4) is 0 Å². The van der Waals surface area contributed by atoms with Crippen LogP contribution >= 0.6 is 11.3 Å². The second-order valence-corrected chi connectivity index (χ2v) is 6.44. The molecular formula is C13H19N5OS. The summed E-state index contributed by atoms with van der Waals surface area (Å²) in [6.45, 7) is 4.08. The lowest BCUT2D eigenvalue weighted by atomic mass is 10.2. The molecule has 2 aromatic heterocycles. The van der Waals surface area contributed by atoms with E-state index in [0.717, 1.165) is 22.2 Å². The molecule has 1 saturated carbocycles. The van der Waals surface area contributed by atoms with Crippen molar-refractivity contribution in [3.8, 4) is 0 Å². The van der Waals surface area contributed by atoms with Gasteiger partial charge in [-0.15, -0.1) is 10.2 Å². The van der Waals surface area contributed by atoms with Gasteiger partial charge in [-0.05, 0) is 26.2 Å². The minimum absolute atomic E-state index is 0.0905. The fourth-order valence-corrected chi connectivity index (χ4v) is 2.88. The predicted octanol–water partition coefficient (Wildman–Crippen LogP) is 1.91. The van der Waals surface area contributed by atoms with Crippen molar-refractivity contribution in [3.63, 3.8) is 0 Å². The topological polar surface area (TPSA) is 72.2 Å². The Bertz CT molecular complexity index is 615. The molecule has 1 aliphatic rings. The maximum atomic E-state index is 11.8. The van der Waals surface area contributed by atoms with Gasteiger partial charge in [-0.3, -0.25) is 4.79 Å². The summed E-state index contributed by atoms with van der Waals surface area (Å²) in [5.74, 6) is 1.60. The number of hydrogen-bond acceptors (Lipinski definition) is 5. The summed E-state index contributed by atoms with van der Waals surface area (Å²) in [4.78, 5) is 12.6. The molecule has 0 saturated heterocycles. The van der Waals surface area contributed by atoms with Crippen LogP contribution in [0.5, 0.6) is 0 Å². The van der Waals surface area contributed by atoms with Crippen LogP contribution in [-0.2, 0) is 11.2 Å². The fraction of sp³-hybridized carbons (Fsp3) is 0.692. The van der Waals surface area contributed by atoms with Gasteiger partial charge in [0.1, 0.15) is 5.01 Å². The van der Waals surface area contributed by atoms with E-state index in [0.29, 0.717) is 18.8 Å². The molecule has 1 N–H and O–H groups in total. The predicted molar refractivity (Wildman–Crippen MR) is 76.9 cm³/mol. The van der Waals surface area contributed by atoms with Crippen LogP contribution < -0.4 is 5.32 Å². The number of aryl methyl sites for hydroxylation is 1. The van der Waals surface area contributed by atoms with Crippen LogP contribution in [-0.4, -0.2) is 31.8 Å². The van der Waals surface area contributed by atoms with Gasteiger partial charge in [-0.25, -0.2) is 0 Å². The third kappa shape index (κ3) is 2.82. The molecule has 0 spiro atoms. The van der Waals surface area contributed by atoms with E-state index in [-0.39, 0.29) is 11.9 Å².